The van der Waals surface area contributed by atoms with Crippen LogP contribution in [0.3, 0.4) is 0 Å². The number of aliphatic hydroxyl groups excluding tert-OH is 1. The molecule has 0 amide bonds. The maximum absolute atomic E-state index is 9.82. The first-order chi connectivity index (χ1) is 9.17. The van der Waals surface area contributed by atoms with Gasteiger partial charge in [-0.25, -0.2) is 0 Å². The molecule has 19 heavy (non-hydrogen) atoms. The van der Waals surface area contributed by atoms with E-state index < -0.39 is 0 Å². The molecule has 1 aromatic rings. The number of rotatable bonds is 3. The van der Waals surface area contributed by atoms with Crippen LogP contribution >= 0.6 is 0 Å². The minimum absolute atomic E-state index is 0.102. The molecule has 2 unspecified atom stereocenters. The van der Waals surface area contributed by atoms with Gasteiger partial charge in [0.25, 0.3) is 0 Å². The number of anilines is 1. The highest BCUT2D eigenvalue weighted by Gasteiger charge is 2.39. The van der Waals surface area contributed by atoms with Gasteiger partial charge in [-0.05, 0) is 43.4 Å². The molecule has 0 radical (unpaired) electrons. The molecule has 104 valence electrons. The Morgan fingerprint density at radius 3 is 2.58 bits per heavy atom. The van der Waals surface area contributed by atoms with Crippen LogP contribution in [0.25, 0.3) is 0 Å². The number of piperidine rings is 1. The highest BCUT2D eigenvalue weighted by molar-refractivity contribution is 5.54. The van der Waals surface area contributed by atoms with Crippen molar-refractivity contribution < 1.29 is 9.84 Å². The number of nitrogens with zero attached hydrogens (tertiary/aromatic N) is 1. The van der Waals surface area contributed by atoms with Crippen LogP contribution in [-0.4, -0.2) is 35.3 Å². The average Bonchev–Trinajstić information content (AvgIpc) is 2.62. The van der Waals surface area contributed by atoms with Crippen molar-refractivity contribution in [3.63, 3.8) is 0 Å². The van der Waals surface area contributed by atoms with E-state index in [1.54, 1.807) is 7.11 Å². The zero-order valence-electron chi connectivity index (χ0n) is 11.4. The van der Waals surface area contributed by atoms with Crippen LogP contribution < -0.4 is 10.5 Å². The van der Waals surface area contributed by atoms with E-state index in [1.807, 2.05) is 12.1 Å². The Morgan fingerprint density at radius 2 is 2.00 bits per heavy atom. The number of benzene rings is 1. The molecular weight excluding hydrogens is 240 g/mol. The second-order valence-electron chi connectivity index (χ2n) is 5.76. The van der Waals surface area contributed by atoms with Crippen molar-refractivity contribution in [1.82, 2.24) is 4.90 Å². The Kier molecular flexibility index (Phi) is 3.37. The minimum Gasteiger partial charge on any atom is -0.495 e. The van der Waals surface area contributed by atoms with Crippen molar-refractivity contribution in [1.29, 1.82) is 0 Å². The van der Waals surface area contributed by atoms with Crippen molar-refractivity contribution in [3.8, 4) is 5.75 Å². The lowest BCUT2D eigenvalue weighted by Gasteiger charge is -2.37. The fourth-order valence-corrected chi connectivity index (χ4v) is 3.60. The summed E-state index contributed by atoms with van der Waals surface area (Å²) in [5, 5.41) is 9.82. The highest BCUT2D eigenvalue weighted by atomic mass is 16.5. The summed E-state index contributed by atoms with van der Waals surface area (Å²) in [6.45, 7) is 0.927. The Labute approximate surface area is 114 Å². The standard InChI is InChI=1S/C15H22N2O2/c1-19-15-5-2-10(6-14(15)16)9-17-11-3-4-12(17)8-13(18)7-11/h2,5-6,11-13,18H,3-4,7-9,16H2,1H3. The SMILES string of the molecule is COc1ccc(CN2C3CCC2CC(O)C3)cc1N. The van der Waals surface area contributed by atoms with Crippen molar-refractivity contribution in [2.75, 3.05) is 12.8 Å². The smallest absolute Gasteiger partial charge is 0.141 e. The maximum Gasteiger partial charge on any atom is 0.141 e. The third-order valence-electron chi connectivity index (χ3n) is 4.52. The number of methoxy groups -OCH3 is 1. The van der Waals surface area contributed by atoms with Gasteiger partial charge >= 0.3 is 0 Å². The number of aliphatic hydroxyl groups is 1. The van der Waals surface area contributed by atoms with Gasteiger partial charge in [-0.15, -0.1) is 0 Å². The van der Waals surface area contributed by atoms with E-state index in [4.69, 9.17) is 10.5 Å². The summed E-state index contributed by atoms with van der Waals surface area (Å²) < 4.78 is 5.19. The van der Waals surface area contributed by atoms with Gasteiger partial charge in [-0.3, -0.25) is 4.90 Å². The van der Waals surface area contributed by atoms with Crippen molar-refractivity contribution in [3.05, 3.63) is 23.8 Å². The predicted molar refractivity (Wildman–Crippen MR) is 75.0 cm³/mol. The average molecular weight is 262 g/mol. The Morgan fingerprint density at radius 1 is 1.32 bits per heavy atom. The largest absolute Gasteiger partial charge is 0.495 e. The molecule has 4 nitrogen and oxygen atoms in total. The highest BCUT2D eigenvalue weighted by Crippen LogP contribution is 2.37. The first-order valence-corrected chi connectivity index (χ1v) is 7.03. The second-order valence-corrected chi connectivity index (χ2v) is 5.76. The lowest BCUT2D eigenvalue weighted by molar-refractivity contribution is 0.0310. The van der Waals surface area contributed by atoms with Crippen LogP contribution in [0.15, 0.2) is 18.2 Å². The summed E-state index contributed by atoms with van der Waals surface area (Å²) in [7, 11) is 1.64. The molecule has 2 heterocycles. The fourth-order valence-electron chi connectivity index (χ4n) is 3.60. The van der Waals surface area contributed by atoms with Crippen LogP contribution in [0.4, 0.5) is 5.69 Å². The molecule has 3 N–H and O–H groups in total. The van der Waals surface area contributed by atoms with Crippen LogP contribution in [0.1, 0.15) is 31.2 Å². The van der Waals surface area contributed by atoms with Crippen molar-refractivity contribution in [2.45, 2.75) is 50.4 Å². The summed E-state index contributed by atoms with van der Waals surface area (Å²) in [5.74, 6) is 0.737. The quantitative estimate of drug-likeness (QED) is 0.815. The molecule has 2 atom stereocenters. The molecule has 3 rings (SSSR count). The molecule has 2 aliphatic rings. The van der Waals surface area contributed by atoms with Gasteiger partial charge in [0.15, 0.2) is 0 Å². The molecule has 2 fully saturated rings. The van der Waals surface area contributed by atoms with E-state index in [-0.39, 0.29) is 6.10 Å². The monoisotopic (exact) mass is 262 g/mol. The predicted octanol–water partition coefficient (Wildman–Crippen LogP) is 1.77. The zero-order valence-corrected chi connectivity index (χ0v) is 11.4. The van der Waals surface area contributed by atoms with Gasteiger partial charge in [0.2, 0.25) is 0 Å². The van der Waals surface area contributed by atoms with E-state index >= 15 is 0 Å². The number of nitrogens with two attached hydrogens (primary N) is 1. The Balaban J connectivity index is 1.73. The third-order valence-corrected chi connectivity index (χ3v) is 4.52. The Hall–Kier alpha value is -1.26. The van der Waals surface area contributed by atoms with Gasteiger partial charge in [0.1, 0.15) is 5.75 Å². The molecule has 0 aromatic heterocycles. The summed E-state index contributed by atoms with van der Waals surface area (Å²) >= 11 is 0. The molecule has 2 bridgehead atoms. The number of hydrogen-bond acceptors (Lipinski definition) is 4. The van der Waals surface area contributed by atoms with E-state index in [0.29, 0.717) is 17.8 Å². The third kappa shape index (κ3) is 2.42. The zero-order chi connectivity index (χ0) is 13.4. The number of ether oxygens (including phenoxy) is 1. The van der Waals surface area contributed by atoms with Crippen molar-refractivity contribution in [2.24, 2.45) is 0 Å². The topological polar surface area (TPSA) is 58.7 Å². The molecule has 1 aromatic carbocycles. The van der Waals surface area contributed by atoms with E-state index in [9.17, 15) is 5.11 Å². The van der Waals surface area contributed by atoms with Gasteiger partial charge < -0.3 is 15.6 Å². The molecule has 0 saturated carbocycles. The van der Waals surface area contributed by atoms with Crippen LogP contribution in [-0.2, 0) is 6.54 Å². The van der Waals surface area contributed by atoms with Gasteiger partial charge in [-0.2, -0.15) is 0 Å². The van der Waals surface area contributed by atoms with Gasteiger partial charge in [-0.1, -0.05) is 6.07 Å². The molecule has 4 heteroatoms. The summed E-state index contributed by atoms with van der Waals surface area (Å²) in [5.41, 5.74) is 7.89. The lowest BCUT2D eigenvalue weighted by Crippen LogP contribution is -2.44. The lowest BCUT2D eigenvalue weighted by atomic mass is 9.99. The maximum atomic E-state index is 9.82. The Bertz CT molecular complexity index is 449. The summed E-state index contributed by atoms with van der Waals surface area (Å²) in [6, 6.07) is 7.10. The molecule has 2 saturated heterocycles. The second kappa shape index (κ2) is 5.02. The van der Waals surface area contributed by atoms with Gasteiger partial charge in [0, 0.05) is 18.6 Å². The first-order valence-electron chi connectivity index (χ1n) is 7.03. The van der Waals surface area contributed by atoms with E-state index in [2.05, 4.69) is 11.0 Å². The number of hydrogen-bond donors (Lipinski definition) is 2. The number of fused-ring (bicyclic) bond motifs is 2. The summed E-state index contributed by atoms with van der Waals surface area (Å²) in [6.07, 6.45) is 4.17. The van der Waals surface area contributed by atoms with E-state index in [1.165, 1.54) is 18.4 Å². The molecule has 0 spiro atoms. The number of nitrogen functional groups attached to an aromatic ring is 1. The minimum atomic E-state index is -0.102. The first kappa shape index (κ1) is 12.8. The molecule has 0 aliphatic carbocycles. The van der Waals surface area contributed by atoms with Crippen LogP contribution in [0.2, 0.25) is 0 Å². The van der Waals surface area contributed by atoms with E-state index in [0.717, 1.165) is 25.1 Å². The molecule has 2 aliphatic heterocycles. The molecular formula is C15H22N2O2. The van der Waals surface area contributed by atoms with Gasteiger partial charge in [0.05, 0.1) is 18.9 Å². The summed E-state index contributed by atoms with van der Waals surface area (Å²) in [4.78, 5) is 2.54. The van der Waals surface area contributed by atoms with Crippen LogP contribution in [0.5, 0.6) is 5.75 Å². The van der Waals surface area contributed by atoms with Crippen molar-refractivity contribution >= 4 is 5.69 Å². The van der Waals surface area contributed by atoms with Crippen LogP contribution in [0, 0.1) is 0 Å². The fraction of sp³-hybridized carbons (Fsp3) is 0.600. The normalized spacial score (nSPS) is 30.5.